The summed E-state index contributed by atoms with van der Waals surface area (Å²) in [6.45, 7) is 2.48. The first kappa shape index (κ1) is 18.0. The number of nitrogens with zero attached hydrogens (tertiary/aromatic N) is 1. The van der Waals surface area contributed by atoms with Crippen LogP contribution in [-0.4, -0.2) is 34.2 Å². The second-order valence-electron chi connectivity index (χ2n) is 6.83. The second kappa shape index (κ2) is 6.64. The van der Waals surface area contributed by atoms with Gasteiger partial charge in [-0.15, -0.1) is 0 Å². The van der Waals surface area contributed by atoms with E-state index in [2.05, 4.69) is 4.98 Å². The number of benzene rings is 2. The van der Waals surface area contributed by atoms with Gasteiger partial charge in [-0.05, 0) is 36.8 Å². The number of hydrogen-bond acceptors (Lipinski definition) is 3. The first-order valence-corrected chi connectivity index (χ1v) is 10.7. The van der Waals surface area contributed by atoms with Crippen molar-refractivity contribution in [2.75, 3.05) is 23.7 Å². The Morgan fingerprint density at radius 1 is 1.30 bits per heavy atom. The molecule has 1 aliphatic heterocycles. The summed E-state index contributed by atoms with van der Waals surface area (Å²) in [7, 11) is -2.95. The van der Waals surface area contributed by atoms with E-state index in [9.17, 15) is 8.60 Å². The molecule has 0 saturated carbocycles. The maximum absolute atomic E-state index is 15.1. The molecule has 1 aromatic heterocycles. The van der Waals surface area contributed by atoms with Crippen molar-refractivity contribution in [1.82, 2.24) is 4.98 Å². The van der Waals surface area contributed by atoms with Crippen molar-refractivity contribution in [3.05, 3.63) is 48.3 Å². The molecule has 4 rings (SSSR count). The van der Waals surface area contributed by atoms with Crippen molar-refractivity contribution in [2.24, 2.45) is 0 Å². The number of aromatic nitrogens is 1. The summed E-state index contributed by atoms with van der Waals surface area (Å²) in [4.78, 5) is 5.34. The SMILES string of the molecule is CCS(=N)(=O)c1ccc(N2CCC(F)C2)c(-c2[nH]c3ccccc3c2F)c1. The third-order valence-corrected chi connectivity index (χ3v) is 6.97. The highest BCUT2D eigenvalue weighted by Crippen LogP contribution is 2.38. The molecule has 1 saturated heterocycles. The number of nitrogens with one attached hydrogen (secondary N) is 2. The second-order valence-corrected chi connectivity index (χ2v) is 9.23. The number of fused-ring (bicyclic) bond motifs is 1. The van der Waals surface area contributed by atoms with E-state index in [4.69, 9.17) is 4.78 Å². The van der Waals surface area contributed by atoms with Crippen LogP contribution in [0.1, 0.15) is 13.3 Å². The molecule has 0 amide bonds. The zero-order valence-corrected chi connectivity index (χ0v) is 15.8. The van der Waals surface area contributed by atoms with Gasteiger partial charge in [0.05, 0.1) is 15.4 Å². The molecule has 2 heterocycles. The molecule has 142 valence electrons. The first-order chi connectivity index (χ1) is 12.9. The van der Waals surface area contributed by atoms with Gasteiger partial charge >= 0.3 is 0 Å². The summed E-state index contributed by atoms with van der Waals surface area (Å²) in [5.41, 5.74) is 2.15. The van der Waals surface area contributed by atoms with E-state index in [0.717, 1.165) is 0 Å². The largest absolute Gasteiger partial charge is 0.368 e. The van der Waals surface area contributed by atoms with Crippen LogP contribution in [0.15, 0.2) is 47.4 Å². The molecular formula is C20H21F2N3OS. The van der Waals surface area contributed by atoms with E-state index < -0.39 is 21.7 Å². The van der Waals surface area contributed by atoms with Crippen LogP contribution in [-0.2, 0) is 9.73 Å². The molecule has 0 aliphatic carbocycles. The highest BCUT2D eigenvalue weighted by molar-refractivity contribution is 7.92. The minimum Gasteiger partial charge on any atom is -0.368 e. The maximum atomic E-state index is 15.1. The van der Waals surface area contributed by atoms with Crippen LogP contribution >= 0.6 is 0 Å². The van der Waals surface area contributed by atoms with Gasteiger partial charge in [0.2, 0.25) is 0 Å². The fourth-order valence-electron chi connectivity index (χ4n) is 3.59. The molecular weight excluding hydrogens is 368 g/mol. The molecule has 2 aromatic carbocycles. The molecule has 2 atom stereocenters. The van der Waals surface area contributed by atoms with Crippen LogP contribution < -0.4 is 4.90 Å². The predicted octanol–water partition coefficient (Wildman–Crippen LogP) is 4.95. The lowest BCUT2D eigenvalue weighted by molar-refractivity contribution is 0.364. The Hall–Kier alpha value is -2.41. The molecule has 0 bridgehead atoms. The van der Waals surface area contributed by atoms with Gasteiger partial charge < -0.3 is 9.88 Å². The number of para-hydroxylation sites is 1. The average Bonchev–Trinajstić information content (AvgIpc) is 3.25. The van der Waals surface area contributed by atoms with Crippen LogP contribution in [0.25, 0.3) is 22.2 Å². The monoisotopic (exact) mass is 389 g/mol. The first-order valence-electron chi connectivity index (χ1n) is 8.97. The minimum atomic E-state index is -2.95. The molecule has 2 N–H and O–H groups in total. The number of H-pyrrole nitrogens is 1. The van der Waals surface area contributed by atoms with Crippen molar-refractivity contribution >= 4 is 26.3 Å². The van der Waals surface area contributed by atoms with E-state index in [1.165, 1.54) is 0 Å². The summed E-state index contributed by atoms with van der Waals surface area (Å²) < 4.78 is 49.6. The van der Waals surface area contributed by atoms with Gasteiger partial charge in [0.15, 0.2) is 5.82 Å². The van der Waals surface area contributed by atoms with Gasteiger partial charge in [0.1, 0.15) is 6.17 Å². The Morgan fingerprint density at radius 3 is 2.74 bits per heavy atom. The maximum Gasteiger partial charge on any atom is 0.156 e. The summed E-state index contributed by atoms with van der Waals surface area (Å²) in [5, 5.41) is 0.468. The summed E-state index contributed by atoms with van der Waals surface area (Å²) in [5.74, 6) is -0.218. The van der Waals surface area contributed by atoms with E-state index in [1.807, 2.05) is 11.0 Å². The quantitative estimate of drug-likeness (QED) is 0.663. The van der Waals surface area contributed by atoms with Gasteiger partial charge in [-0.3, -0.25) is 0 Å². The normalized spacial score (nSPS) is 19.5. The number of hydrogen-bond donors (Lipinski definition) is 2. The lowest BCUT2D eigenvalue weighted by Gasteiger charge is -2.22. The number of halogens is 2. The zero-order chi connectivity index (χ0) is 19.2. The molecule has 1 aliphatic rings. The Labute approximate surface area is 157 Å². The Bertz CT molecular complexity index is 1110. The molecule has 27 heavy (non-hydrogen) atoms. The standard InChI is InChI=1S/C20H21F2N3OS/c1-2-27(23,26)14-7-8-18(25-10-9-13(21)12-25)16(11-14)20-19(22)15-5-3-4-6-17(15)24-20/h3-8,11,13,23-24H,2,9-10,12H2,1H3. The smallest absolute Gasteiger partial charge is 0.156 e. The molecule has 0 spiro atoms. The highest BCUT2D eigenvalue weighted by atomic mass is 32.2. The van der Waals surface area contributed by atoms with Crippen LogP contribution in [0.4, 0.5) is 14.5 Å². The van der Waals surface area contributed by atoms with Crippen LogP contribution in [0.2, 0.25) is 0 Å². The topological polar surface area (TPSA) is 60.0 Å². The van der Waals surface area contributed by atoms with E-state index in [1.54, 1.807) is 43.3 Å². The number of anilines is 1. The molecule has 2 unspecified atom stereocenters. The number of aromatic amines is 1. The molecule has 3 aromatic rings. The Balaban J connectivity index is 1.94. The van der Waals surface area contributed by atoms with Crippen LogP contribution in [0.5, 0.6) is 0 Å². The molecule has 7 heteroatoms. The van der Waals surface area contributed by atoms with E-state index in [0.29, 0.717) is 40.0 Å². The van der Waals surface area contributed by atoms with Gasteiger partial charge in [0.25, 0.3) is 0 Å². The van der Waals surface area contributed by atoms with Crippen LogP contribution in [0, 0.1) is 10.6 Å². The minimum absolute atomic E-state index is 0.178. The van der Waals surface area contributed by atoms with Crippen LogP contribution in [0.3, 0.4) is 0 Å². The van der Waals surface area contributed by atoms with Gasteiger partial charge in [-0.1, -0.05) is 19.1 Å². The fraction of sp³-hybridized carbons (Fsp3) is 0.300. The lowest BCUT2D eigenvalue weighted by Crippen LogP contribution is -2.21. The van der Waals surface area contributed by atoms with Crippen molar-refractivity contribution in [1.29, 1.82) is 4.78 Å². The summed E-state index contributed by atoms with van der Waals surface area (Å²) >= 11 is 0. The molecule has 4 nitrogen and oxygen atoms in total. The molecule has 0 radical (unpaired) electrons. The van der Waals surface area contributed by atoms with Gasteiger partial charge in [-0.2, -0.15) is 0 Å². The average molecular weight is 389 g/mol. The fourth-order valence-corrected chi connectivity index (χ4v) is 4.52. The number of alkyl halides is 1. The van der Waals surface area contributed by atoms with E-state index in [-0.39, 0.29) is 18.0 Å². The predicted molar refractivity (Wildman–Crippen MR) is 105 cm³/mol. The summed E-state index contributed by atoms with van der Waals surface area (Å²) in [6.07, 6.45) is -0.485. The highest BCUT2D eigenvalue weighted by Gasteiger charge is 2.26. The van der Waals surface area contributed by atoms with Crippen molar-refractivity contribution < 1.29 is 13.0 Å². The Kier molecular flexibility index (Phi) is 4.42. The van der Waals surface area contributed by atoms with Crippen molar-refractivity contribution in [3.63, 3.8) is 0 Å². The lowest BCUT2D eigenvalue weighted by atomic mass is 10.1. The van der Waals surface area contributed by atoms with Gasteiger partial charge in [-0.25, -0.2) is 17.8 Å². The van der Waals surface area contributed by atoms with E-state index >= 15 is 4.39 Å². The third kappa shape index (κ3) is 3.10. The summed E-state index contributed by atoms with van der Waals surface area (Å²) in [6, 6.07) is 12.1. The molecule has 1 fully saturated rings. The van der Waals surface area contributed by atoms with Gasteiger partial charge in [0, 0.05) is 45.9 Å². The zero-order valence-electron chi connectivity index (χ0n) is 15.0. The third-order valence-electron chi connectivity index (χ3n) is 5.14. The Morgan fingerprint density at radius 2 is 2.07 bits per heavy atom. The van der Waals surface area contributed by atoms with Crippen molar-refractivity contribution in [3.8, 4) is 11.3 Å². The number of rotatable bonds is 4. The van der Waals surface area contributed by atoms with Crippen molar-refractivity contribution in [2.45, 2.75) is 24.4 Å².